The van der Waals surface area contributed by atoms with Crippen LogP contribution in [0.2, 0.25) is 0 Å². The van der Waals surface area contributed by atoms with Crippen molar-refractivity contribution in [2.24, 2.45) is 22.7 Å². The normalized spacial score (nSPS) is 19.5. The van der Waals surface area contributed by atoms with Gasteiger partial charge in [0.1, 0.15) is 0 Å². The van der Waals surface area contributed by atoms with Crippen molar-refractivity contribution in [2.45, 2.75) is 67.2 Å². The summed E-state index contributed by atoms with van der Waals surface area (Å²) in [6, 6.07) is 23.4. The quantitative estimate of drug-likeness (QED) is 0.198. The standard InChI is InChI=1S/C44H44N2O4/c1-43(2,3)29-21-27(39-33(23-29)37(41(47)48)31-11-7-9-13-35(31)45-39)19-25-15-17-26(18-16-25)20-28-22-30(44(4,5)6)24-34-38(42(49)50)32-12-8-10-14-36(32)46-40(28)34/h7-20,29-30H,21-24H2,1-6H3,(H,47,48)(H,49,50)/b27-19+,28-20+. The number of carbonyl (C=O) groups is 2. The third-order valence-electron chi connectivity index (χ3n) is 10.9. The van der Waals surface area contributed by atoms with Crippen LogP contribution in [0.4, 0.5) is 0 Å². The van der Waals surface area contributed by atoms with Crippen LogP contribution in [-0.2, 0) is 12.8 Å². The molecule has 0 amide bonds. The van der Waals surface area contributed by atoms with Crippen molar-refractivity contribution in [2.75, 3.05) is 0 Å². The lowest BCUT2D eigenvalue weighted by Crippen LogP contribution is -2.28. The fourth-order valence-corrected chi connectivity index (χ4v) is 7.85. The maximum Gasteiger partial charge on any atom is 0.336 e. The second kappa shape index (κ2) is 12.3. The number of benzene rings is 3. The maximum atomic E-state index is 12.7. The van der Waals surface area contributed by atoms with Gasteiger partial charge in [-0.25, -0.2) is 19.6 Å². The fourth-order valence-electron chi connectivity index (χ4n) is 7.85. The first-order valence-corrected chi connectivity index (χ1v) is 17.5. The lowest BCUT2D eigenvalue weighted by atomic mass is 9.68. The van der Waals surface area contributed by atoms with Gasteiger partial charge >= 0.3 is 11.9 Å². The number of nitrogens with zero attached hydrogens (tertiary/aromatic N) is 2. The predicted molar refractivity (Wildman–Crippen MR) is 202 cm³/mol. The molecule has 254 valence electrons. The van der Waals surface area contributed by atoms with Crippen molar-refractivity contribution in [3.05, 3.63) is 118 Å². The molecule has 0 bridgehead atoms. The van der Waals surface area contributed by atoms with Gasteiger partial charge in [-0.15, -0.1) is 0 Å². The van der Waals surface area contributed by atoms with Gasteiger partial charge in [0.15, 0.2) is 0 Å². The molecule has 0 radical (unpaired) electrons. The molecule has 3 aromatic carbocycles. The average Bonchev–Trinajstić information content (AvgIpc) is 3.06. The summed E-state index contributed by atoms with van der Waals surface area (Å²) in [4.78, 5) is 35.5. The Labute approximate surface area is 293 Å². The van der Waals surface area contributed by atoms with E-state index in [1.54, 1.807) is 0 Å². The molecule has 2 N–H and O–H groups in total. The van der Waals surface area contributed by atoms with Gasteiger partial charge in [-0.1, -0.05) is 102 Å². The number of carboxylic acids is 2. The Balaban J connectivity index is 1.32. The number of rotatable bonds is 4. The minimum absolute atomic E-state index is 0.0185. The van der Waals surface area contributed by atoms with Crippen LogP contribution >= 0.6 is 0 Å². The number of allylic oxidation sites excluding steroid dienone is 2. The van der Waals surface area contributed by atoms with Crippen LogP contribution in [-0.4, -0.2) is 32.1 Å². The minimum Gasteiger partial charge on any atom is -0.478 e. The molecule has 0 fully saturated rings. The summed E-state index contributed by atoms with van der Waals surface area (Å²) in [7, 11) is 0. The Kier molecular flexibility index (Phi) is 8.25. The summed E-state index contributed by atoms with van der Waals surface area (Å²) in [6.45, 7) is 13.3. The third kappa shape index (κ3) is 6.12. The number of aromatic carboxylic acids is 2. The van der Waals surface area contributed by atoms with Crippen molar-refractivity contribution < 1.29 is 19.8 Å². The summed E-state index contributed by atoms with van der Waals surface area (Å²) in [5.74, 6) is -1.32. The first-order chi connectivity index (χ1) is 23.7. The van der Waals surface area contributed by atoms with Gasteiger partial charge in [0.2, 0.25) is 0 Å². The number of pyridine rings is 2. The molecule has 2 aromatic heterocycles. The molecule has 2 heterocycles. The molecule has 50 heavy (non-hydrogen) atoms. The summed E-state index contributed by atoms with van der Waals surface area (Å²) >= 11 is 0. The number of carboxylic acid groups (broad SMARTS) is 2. The van der Waals surface area contributed by atoms with Crippen molar-refractivity contribution >= 4 is 57.0 Å². The first kappa shape index (κ1) is 33.4. The lowest BCUT2D eigenvalue weighted by molar-refractivity contribution is 0.0685. The molecule has 2 atom stereocenters. The van der Waals surface area contributed by atoms with E-state index in [4.69, 9.17) is 9.97 Å². The van der Waals surface area contributed by atoms with Gasteiger partial charge in [-0.3, -0.25) is 0 Å². The van der Waals surface area contributed by atoms with Crippen molar-refractivity contribution in [3.63, 3.8) is 0 Å². The van der Waals surface area contributed by atoms with E-state index in [1.165, 1.54) is 0 Å². The number of fused-ring (bicyclic) bond motifs is 4. The number of para-hydroxylation sites is 2. The lowest BCUT2D eigenvalue weighted by Gasteiger charge is -2.36. The summed E-state index contributed by atoms with van der Waals surface area (Å²) < 4.78 is 0. The van der Waals surface area contributed by atoms with Crippen LogP contribution < -0.4 is 0 Å². The van der Waals surface area contributed by atoms with E-state index < -0.39 is 11.9 Å². The highest BCUT2D eigenvalue weighted by Crippen LogP contribution is 2.46. The zero-order valence-corrected chi connectivity index (χ0v) is 29.7. The van der Waals surface area contributed by atoms with Gasteiger partial charge in [-0.05, 0) is 106 Å². The van der Waals surface area contributed by atoms with Crippen molar-refractivity contribution in [1.29, 1.82) is 0 Å². The van der Waals surface area contributed by atoms with Crippen LogP contribution in [0.15, 0.2) is 72.8 Å². The smallest absolute Gasteiger partial charge is 0.336 e. The van der Waals surface area contributed by atoms with E-state index in [2.05, 4.69) is 78.0 Å². The van der Waals surface area contributed by atoms with Gasteiger partial charge in [0.05, 0.1) is 33.5 Å². The van der Waals surface area contributed by atoms with Gasteiger partial charge in [0.25, 0.3) is 0 Å². The Hall–Kier alpha value is -5.10. The molecule has 5 aromatic rings. The summed E-state index contributed by atoms with van der Waals surface area (Å²) in [5.41, 5.74) is 9.42. The number of hydrogen-bond donors (Lipinski definition) is 2. The molecule has 6 nitrogen and oxygen atoms in total. The van der Waals surface area contributed by atoms with Gasteiger partial charge in [-0.2, -0.15) is 0 Å². The molecule has 0 spiro atoms. The van der Waals surface area contributed by atoms with Gasteiger partial charge in [0, 0.05) is 10.8 Å². The SMILES string of the molecule is CC(C)(C)C1C/C(=C\c2ccc(/C=C3\CC(C(C)(C)C)Cc4c3nc3ccccc3c4C(=O)O)cc2)c2nc3ccccc3c(C(=O)O)c2C1. The summed E-state index contributed by atoms with van der Waals surface area (Å²) in [6.07, 6.45) is 7.30. The Bertz CT molecular complexity index is 2090. The van der Waals surface area contributed by atoms with E-state index in [-0.39, 0.29) is 22.7 Å². The number of hydrogen-bond acceptors (Lipinski definition) is 4. The largest absolute Gasteiger partial charge is 0.478 e. The molecule has 0 aliphatic heterocycles. The zero-order chi connectivity index (χ0) is 35.5. The molecule has 7 rings (SSSR count). The Morgan fingerprint density at radius 1 is 0.580 bits per heavy atom. The van der Waals surface area contributed by atoms with Crippen LogP contribution in [0.5, 0.6) is 0 Å². The summed E-state index contributed by atoms with van der Waals surface area (Å²) in [5, 5.41) is 22.2. The highest BCUT2D eigenvalue weighted by molar-refractivity contribution is 6.07. The minimum atomic E-state index is -0.915. The molecule has 2 aliphatic carbocycles. The van der Waals surface area contributed by atoms with E-state index in [9.17, 15) is 19.8 Å². The molecule has 2 aliphatic rings. The van der Waals surface area contributed by atoms with Crippen LogP contribution in [0.3, 0.4) is 0 Å². The fraction of sp³-hybridized carbons (Fsp3) is 0.318. The van der Waals surface area contributed by atoms with Crippen LogP contribution in [0, 0.1) is 22.7 Å². The number of aromatic nitrogens is 2. The van der Waals surface area contributed by atoms with E-state index >= 15 is 0 Å². The van der Waals surface area contributed by atoms with E-state index in [0.29, 0.717) is 45.8 Å². The predicted octanol–water partition coefficient (Wildman–Crippen LogP) is 10.5. The molecule has 2 unspecified atom stereocenters. The van der Waals surface area contributed by atoms with Crippen LogP contribution in [0.25, 0.3) is 45.1 Å². The molecule has 0 saturated heterocycles. The van der Waals surface area contributed by atoms with E-state index in [1.807, 2.05) is 48.5 Å². The second-order valence-corrected chi connectivity index (χ2v) is 16.2. The second-order valence-electron chi connectivity index (χ2n) is 16.2. The Morgan fingerprint density at radius 2 is 0.940 bits per heavy atom. The zero-order valence-electron chi connectivity index (χ0n) is 29.7. The highest BCUT2D eigenvalue weighted by Gasteiger charge is 2.36. The molecule has 6 heteroatoms. The van der Waals surface area contributed by atoms with Crippen molar-refractivity contribution in [1.82, 2.24) is 9.97 Å². The Morgan fingerprint density at radius 3 is 1.28 bits per heavy atom. The maximum absolute atomic E-state index is 12.7. The molecular weight excluding hydrogens is 620 g/mol. The topological polar surface area (TPSA) is 100 Å². The first-order valence-electron chi connectivity index (χ1n) is 17.5. The highest BCUT2D eigenvalue weighted by atomic mass is 16.4. The third-order valence-corrected chi connectivity index (χ3v) is 10.9. The monoisotopic (exact) mass is 664 g/mol. The van der Waals surface area contributed by atoms with E-state index in [0.717, 1.165) is 57.6 Å². The van der Waals surface area contributed by atoms with Crippen LogP contribution in [0.1, 0.15) is 109 Å². The molecule has 0 saturated carbocycles. The van der Waals surface area contributed by atoms with Gasteiger partial charge < -0.3 is 10.2 Å². The molecular formula is C44H44N2O4. The average molecular weight is 665 g/mol. The van der Waals surface area contributed by atoms with Crippen molar-refractivity contribution in [3.8, 4) is 0 Å².